The van der Waals surface area contributed by atoms with Gasteiger partial charge in [-0.3, -0.25) is 0 Å². The average molecular weight is 363 g/mol. The minimum Gasteiger partial charge on any atom is -0.497 e. The Morgan fingerprint density at radius 1 is 0.778 bits per heavy atom. The van der Waals surface area contributed by atoms with Crippen molar-refractivity contribution < 1.29 is 9.47 Å². The number of benzene rings is 2. The molecule has 1 heterocycles. The van der Waals surface area contributed by atoms with Crippen molar-refractivity contribution in [1.82, 2.24) is 9.97 Å². The first-order chi connectivity index (χ1) is 13.2. The number of hydrogen-bond acceptors (Lipinski definition) is 5. The predicted octanol–water partition coefficient (Wildman–Crippen LogP) is 4.26. The van der Waals surface area contributed by atoms with E-state index in [1.165, 1.54) is 11.1 Å². The van der Waals surface area contributed by atoms with E-state index < -0.39 is 0 Å². The fourth-order valence-electron chi connectivity index (χ4n) is 2.83. The summed E-state index contributed by atoms with van der Waals surface area (Å²) in [6, 6.07) is 18.2. The number of aromatic nitrogens is 2. The van der Waals surface area contributed by atoms with Crippen LogP contribution in [0.1, 0.15) is 23.7 Å². The first kappa shape index (κ1) is 18.7. The van der Waals surface area contributed by atoms with Crippen LogP contribution in [0, 0.1) is 0 Å². The summed E-state index contributed by atoms with van der Waals surface area (Å²) in [5.74, 6) is 2.44. The number of methoxy groups -OCH3 is 2. The van der Waals surface area contributed by atoms with E-state index in [1.807, 2.05) is 36.5 Å². The Morgan fingerprint density at radius 3 is 1.74 bits per heavy atom. The third kappa shape index (κ3) is 4.97. The van der Waals surface area contributed by atoms with Crippen LogP contribution in [0.25, 0.3) is 0 Å². The number of hydrogen-bond donors (Lipinski definition) is 0. The van der Waals surface area contributed by atoms with Crippen LogP contribution in [0.5, 0.6) is 11.5 Å². The molecule has 5 nitrogen and oxygen atoms in total. The molecule has 0 aliphatic heterocycles. The molecule has 0 amide bonds. The van der Waals surface area contributed by atoms with Gasteiger partial charge in [0.1, 0.15) is 11.5 Å². The third-order valence-electron chi connectivity index (χ3n) is 4.41. The lowest BCUT2D eigenvalue weighted by Crippen LogP contribution is -2.24. The number of ether oxygens (including phenoxy) is 2. The van der Waals surface area contributed by atoms with Crippen LogP contribution in [0.3, 0.4) is 0 Å². The van der Waals surface area contributed by atoms with Crippen molar-refractivity contribution in [2.24, 2.45) is 0 Å². The minimum absolute atomic E-state index is 0.711. The standard InChI is InChI=1S/C22H25N3O2/c1-4-19-13-14-23-22(24-19)25(15-17-5-9-20(26-2)10-6-17)16-18-7-11-21(27-3)12-8-18/h5-14H,4,15-16H2,1-3H3. The van der Waals surface area contributed by atoms with Crippen molar-refractivity contribution in [2.45, 2.75) is 26.4 Å². The van der Waals surface area contributed by atoms with Crippen LogP contribution in [-0.2, 0) is 19.5 Å². The van der Waals surface area contributed by atoms with Gasteiger partial charge in [0.25, 0.3) is 0 Å². The Bertz CT molecular complexity index is 799. The van der Waals surface area contributed by atoms with Gasteiger partial charge in [-0.2, -0.15) is 0 Å². The van der Waals surface area contributed by atoms with Gasteiger partial charge in [-0.1, -0.05) is 31.2 Å². The van der Waals surface area contributed by atoms with E-state index in [0.29, 0.717) is 13.1 Å². The second-order valence-corrected chi connectivity index (χ2v) is 6.25. The summed E-state index contributed by atoms with van der Waals surface area (Å²) in [7, 11) is 3.35. The highest BCUT2D eigenvalue weighted by Gasteiger charge is 2.12. The van der Waals surface area contributed by atoms with Crippen LogP contribution in [0.2, 0.25) is 0 Å². The lowest BCUT2D eigenvalue weighted by molar-refractivity contribution is 0.414. The molecule has 0 saturated carbocycles. The first-order valence-corrected chi connectivity index (χ1v) is 9.04. The van der Waals surface area contributed by atoms with Crippen molar-refractivity contribution in [2.75, 3.05) is 19.1 Å². The van der Waals surface area contributed by atoms with E-state index in [1.54, 1.807) is 14.2 Å². The predicted molar refractivity (Wildman–Crippen MR) is 107 cm³/mol. The first-order valence-electron chi connectivity index (χ1n) is 9.04. The van der Waals surface area contributed by atoms with E-state index >= 15 is 0 Å². The minimum atomic E-state index is 0.711. The monoisotopic (exact) mass is 363 g/mol. The van der Waals surface area contributed by atoms with E-state index in [0.717, 1.165) is 29.6 Å². The number of aryl methyl sites for hydroxylation is 1. The highest BCUT2D eigenvalue weighted by molar-refractivity contribution is 5.37. The molecule has 5 heteroatoms. The molecule has 0 unspecified atom stereocenters. The fourth-order valence-corrected chi connectivity index (χ4v) is 2.83. The normalized spacial score (nSPS) is 10.5. The summed E-state index contributed by atoms with van der Waals surface area (Å²) in [5, 5.41) is 0. The number of nitrogens with zero attached hydrogens (tertiary/aromatic N) is 3. The van der Waals surface area contributed by atoms with Crippen molar-refractivity contribution in [1.29, 1.82) is 0 Å². The molecule has 0 fully saturated rings. The number of anilines is 1. The van der Waals surface area contributed by atoms with Gasteiger partial charge in [0, 0.05) is 25.0 Å². The van der Waals surface area contributed by atoms with E-state index in [-0.39, 0.29) is 0 Å². The smallest absolute Gasteiger partial charge is 0.226 e. The molecule has 0 spiro atoms. The van der Waals surface area contributed by atoms with Gasteiger partial charge in [0.15, 0.2) is 0 Å². The Labute approximate surface area is 160 Å². The molecular weight excluding hydrogens is 338 g/mol. The van der Waals surface area contributed by atoms with Gasteiger partial charge in [-0.25, -0.2) is 9.97 Å². The highest BCUT2D eigenvalue weighted by Crippen LogP contribution is 2.20. The quantitative estimate of drug-likeness (QED) is 0.598. The largest absolute Gasteiger partial charge is 0.497 e. The van der Waals surface area contributed by atoms with Crippen molar-refractivity contribution in [3.05, 3.63) is 77.6 Å². The molecule has 1 aromatic heterocycles. The maximum absolute atomic E-state index is 5.26. The Balaban J connectivity index is 1.86. The third-order valence-corrected chi connectivity index (χ3v) is 4.41. The van der Waals surface area contributed by atoms with Crippen LogP contribution in [0.4, 0.5) is 5.95 Å². The molecule has 0 aliphatic rings. The maximum atomic E-state index is 5.26. The average Bonchev–Trinajstić information content (AvgIpc) is 2.74. The lowest BCUT2D eigenvalue weighted by Gasteiger charge is -2.23. The second kappa shape index (κ2) is 9.03. The van der Waals surface area contributed by atoms with Crippen LogP contribution in [-0.4, -0.2) is 24.2 Å². The highest BCUT2D eigenvalue weighted by atomic mass is 16.5. The molecule has 0 radical (unpaired) electrons. The Kier molecular flexibility index (Phi) is 6.26. The Morgan fingerprint density at radius 2 is 1.30 bits per heavy atom. The van der Waals surface area contributed by atoms with Gasteiger partial charge in [-0.15, -0.1) is 0 Å². The molecule has 0 atom stereocenters. The molecular formula is C22H25N3O2. The molecule has 3 aromatic rings. The molecule has 0 saturated heterocycles. The van der Waals surface area contributed by atoms with Gasteiger partial charge >= 0.3 is 0 Å². The van der Waals surface area contributed by atoms with Gasteiger partial charge in [0.2, 0.25) is 5.95 Å². The molecule has 140 valence electrons. The summed E-state index contributed by atoms with van der Waals surface area (Å²) >= 11 is 0. The van der Waals surface area contributed by atoms with Crippen LogP contribution < -0.4 is 14.4 Å². The number of rotatable bonds is 8. The van der Waals surface area contributed by atoms with E-state index in [2.05, 4.69) is 41.1 Å². The zero-order valence-electron chi connectivity index (χ0n) is 16.1. The second-order valence-electron chi connectivity index (χ2n) is 6.25. The Hall–Kier alpha value is -3.08. The summed E-state index contributed by atoms with van der Waals surface area (Å²) in [4.78, 5) is 11.4. The maximum Gasteiger partial charge on any atom is 0.226 e. The molecule has 0 aliphatic carbocycles. The van der Waals surface area contributed by atoms with Gasteiger partial charge in [0.05, 0.1) is 14.2 Å². The van der Waals surface area contributed by atoms with Crippen LogP contribution >= 0.6 is 0 Å². The summed E-state index contributed by atoms with van der Waals surface area (Å²) in [6.07, 6.45) is 2.71. The van der Waals surface area contributed by atoms with E-state index in [9.17, 15) is 0 Å². The van der Waals surface area contributed by atoms with Crippen molar-refractivity contribution in [3.8, 4) is 11.5 Å². The molecule has 3 rings (SSSR count). The summed E-state index contributed by atoms with van der Waals surface area (Å²) < 4.78 is 10.5. The summed E-state index contributed by atoms with van der Waals surface area (Å²) in [6.45, 7) is 3.52. The fraction of sp³-hybridized carbons (Fsp3) is 0.273. The lowest BCUT2D eigenvalue weighted by atomic mass is 10.1. The van der Waals surface area contributed by atoms with Crippen LogP contribution in [0.15, 0.2) is 60.8 Å². The molecule has 0 N–H and O–H groups in total. The zero-order valence-corrected chi connectivity index (χ0v) is 16.1. The van der Waals surface area contributed by atoms with Crippen molar-refractivity contribution in [3.63, 3.8) is 0 Å². The molecule has 27 heavy (non-hydrogen) atoms. The van der Waals surface area contributed by atoms with E-state index in [4.69, 9.17) is 14.5 Å². The zero-order chi connectivity index (χ0) is 19.1. The van der Waals surface area contributed by atoms with Crippen molar-refractivity contribution >= 4 is 5.95 Å². The topological polar surface area (TPSA) is 47.5 Å². The summed E-state index contributed by atoms with van der Waals surface area (Å²) in [5.41, 5.74) is 3.39. The molecule has 2 aromatic carbocycles. The SMILES string of the molecule is CCc1ccnc(N(Cc2ccc(OC)cc2)Cc2ccc(OC)cc2)n1. The molecule has 0 bridgehead atoms. The van der Waals surface area contributed by atoms with Gasteiger partial charge < -0.3 is 14.4 Å². The van der Waals surface area contributed by atoms with Gasteiger partial charge in [-0.05, 0) is 47.9 Å².